The Bertz CT molecular complexity index is 548. The van der Waals surface area contributed by atoms with Crippen molar-refractivity contribution in [2.75, 3.05) is 0 Å². The van der Waals surface area contributed by atoms with Gasteiger partial charge in [-0.15, -0.1) is 5.10 Å². The lowest BCUT2D eigenvalue weighted by atomic mass is 10.1. The molecule has 20 heavy (non-hydrogen) atoms. The van der Waals surface area contributed by atoms with E-state index in [0.29, 0.717) is 0 Å². The molecule has 3 rings (SSSR count). The topological polar surface area (TPSA) is 72.7 Å². The van der Waals surface area contributed by atoms with E-state index in [4.69, 9.17) is 0 Å². The second-order valence-electron chi connectivity index (χ2n) is 5.09. The van der Waals surface area contributed by atoms with Gasteiger partial charge in [0.15, 0.2) is 6.04 Å². The number of aromatic nitrogens is 4. The smallest absolute Gasteiger partial charge is 0.249 e. The molecule has 2 aromatic rings. The van der Waals surface area contributed by atoms with Gasteiger partial charge in [-0.05, 0) is 28.8 Å². The van der Waals surface area contributed by atoms with Gasteiger partial charge in [0.2, 0.25) is 5.91 Å². The summed E-state index contributed by atoms with van der Waals surface area (Å²) < 4.78 is 1.50. The molecule has 1 aromatic heterocycles. The van der Waals surface area contributed by atoms with Crippen molar-refractivity contribution >= 4 is 5.91 Å². The molecule has 1 fully saturated rings. The molecular weight excluding hydrogens is 254 g/mol. The van der Waals surface area contributed by atoms with Crippen LogP contribution in [0.4, 0.5) is 0 Å². The molecule has 0 aliphatic heterocycles. The van der Waals surface area contributed by atoms with Gasteiger partial charge in [0.05, 0.1) is 0 Å². The summed E-state index contributed by atoms with van der Waals surface area (Å²) in [6.45, 7) is 0. The van der Waals surface area contributed by atoms with Gasteiger partial charge in [-0.1, -0.05) is 43.2 Å². The normalized spacial score (nSPS) is 17.0. The van der Waals surface area contributed by atoms with E-state index < -0.39 is 6.04 Å². The minimum absolute atomic E-state index is 0.0459. The molecule has 1 saturated carbocycles. The summed E-state index contributed by atoms with van der Waals surface area (Å²) in [5, 5.41) is 14.3. The van der Waals surface area contributed by atoms with E-state index in [1.807, 2.05) is 30.3 Å². The second-order valence-corrected chi connectivity index (χ2v) is 5.09. The van der Waals surface area contributed by atoms with E-state index in [9.17, 15) is 4.79 Å². The Labute approximate surface area is 117 Å². The zero-order chi connectivity index (χ0) is 13.8. The number of benzene rings is 1. The first-order chi connectivity index (χ1) is 9.84. The number of hydrogen-bond donors (Lipinski definition) is 1. The number of carbonyl (C=O) groups excluding carboxylic acids is 1. The van der Waals surface area contributed by atoms with Crippen molar-refractivity contribution in [3.63, 3.8) is 0 Å². The number of nitrogens with one attached hydrogen (secondary N) is 1. The molecule has 0 saturated heterocycles. The van der Waals surface area contributed by atoms with E-state index in [1.54, 1.807) is 0 Å². The van der Waals surface area contributed by atoms with Crippen LogP contribution in [0.5, 0.6) is 0 Å². The molecule has 6 nitrogen and oxygen atoms in total. The fraction of sp³-hybridized carbons (Fsp3) is 0.429. The predicted molar refractivity (Wildman–Crippen MR) is 72.8 cm³/mol. The highest BCUT2D eigenvalue weighted by Gasteiger charge is 2.26. The van der Waals surface area contributed by atoms with Crippen molar-refractivity contribution in [3.05, 3.63) is 42.2 Å². The standard InChI is InChI=1S/C14H17N5O/c20-14(16-12-8-4-5-9-12)13(19-10-15-17-18-19)11-6-2-1-3-7-11/h1-3,6-7,10,12-13H,4-5,8-9H2,(H,16,20)/t13-/m0/s1. The Hall–Kier alpha value is -2.24. The van der Waals surface area contributed by atoms with Gasteiger partial charge in [-0.25, -0.2) is 4.68 Å². The molecule has 104 valence electrons. The van der Waals surface area contributed by atoms with Crippen LogP contribution >= 0.6 is 0 Å². The van der Waals surface area contributed by atoms with Crippen LogP contribution in [0.3, 0.4) is 0 Å². The van der Waals surface area contributed by atoms with Crippen molar-refractivity contribution in [2.45, 2.75) is 37.8 Å². The number of carbonyl (C=O) groups is 1. The van der Waals surface area contributed by atoms with Crippen molar-refractivity contribution in [3.8, 4) is 0 Å². The van der Waals surface area contributed by atoms with E-state index >= 15 is 0 Å². The van der Waals surface area contributed by atoms with Crippen molar-refractivity contribution in [1.29, 1.82) is 0 Å². The third-order valence-electron chi connectivity index (χ3n) is 3.69. The van der Waals surface area contributed by atoms with Crippen LogP contribution in [-0.4, -0.2) is 32.2 Å². The number of tetrazole rings is 1. The maximum atomic E-state index is 12.6. The Morgan fingerprint density at radius 2 is 2.00 bits per heavy atom. The van der Waals surface area contributed by atoms with Gasteiger partial charge in [-0.3, -0.25) is 4.79 Å². The number of nitrogens with zero attached hydrogens (tertiary/aromatic N) is 4. The summed E-state index contributed by atoms with van der Waals surface area (Å²) >= 11 is 0. The molecule has 0 bridgehead atoms. The molecule has 0 radical (unpaired) electrons. The fourth-order valence-corrected chi connectivity index (χ4v) is 2.70. The SMILES string of the molecule is O=C(NC1CCCC1)[C@H](c1ccccc1)n1cnnn1. The monoisotopic (exact) mass is 271 g/mol. The van der Waals surface area contributed by atoms with Gasteiger partial charge < -0.3 is 5.32 Å². The number of amides is 1. The summed E-state index contributed by atoms with van der Waals surface area (Å²) in [6, 6.07) is 9.36. The highest BCUT2D eigenvalue weighted by molar-refractivity contribution is 5.83. The second kappa shape index (κ2) is 5.81. The van der Waals surface area contributed by atoms with E-state index in [2.05, 4.69) is 20.8 Å². The lowest BCUT2D eigenvalue weighted by Crippen LogP contribution is -2.39. The molecule has 1 aliphatic rings. The third-order valence-corrected chi connectivity index (χ3v) is 3.69. The van der Waals surface area contributed by atoms with Gasteiger partial charge in [-0.2, -0.15) is 0 Å². The van der Waals surface area contributed by atoms with Crippen LogP contribution in [0.15, 0.2) is 36.7 Å². The van der Waals surface area contributed by atoms with E-state index in [0.717, 1.165) is 18.4 Å². The van der Waals surface area contributed by atoms with Crippen molar-refractivity contribution in [2.24, 2.45) is 0 Å². The van der Waals surface area contributed by atoms with Gasteiger partial charge in [0.25, 0.3) is 0 Å². The summed E-state index contributed by atoms with van der Waals surface area (Å²) in [4.78, 5) is 12.6. The maximum absolute atomic E-state index is 12.6. The fourth-order valence-electron chi connectivity index (χ4n) is 2.70. The van der Waals surface area contributed by atoms with Crippen LogP contribution in [-0.2, 0) is 4.79 Å². The van der Waals surface area contributed by atoms with E-state index in [-0.39, 0.29) is 11.9 Å². The zero-order valence-electron chi connectivity index (χ0n) is 11.1. The largest absolute Gasteiger partial charge is 0.351 e. The highest BCUT2D eigenvalue weighted by atomic mass is 16.2. The van der Waals surface area contributed by atoms with Crippen molar-refractivity contribution < 1.29 is 4.79 Å². The summed E-state index contributed by atoms with van der Waals surface area (Å²) in [5.41, 5.74) is 0.885. The van der Waals surface area contributed by atoms with Gasteiger partial charge >= 0.3 is 0 Å². The molecule has 1 aliphatic carbocycles. The lowest BCUT2D eigenvalue weighted by Gasteiger charge is -2.19. The van der Waals surface area contributed by atoms with Crippen LogP contribution in [0.1, 0.15) is 37.3 Å². The Morgan fingerprint density at radius 1 is 1.25 bits per heavy atom. The van der Waals surface area contributed by atoms with Gasteiger partial charge in [0, 0.05) is 6.04 Å². The molecular formula is C14H17N5O. The van der Waals surface area contributed by atoms with E-state index in [1.165, 1.54) is 23.9 Å². The molecule has 1 atom stereocenters. The Balaban J connectivity index is 1.84. The number of hydrogen-bond acceptors (Lipinski definition) is 4. The van der Waals surface area contributed by atoms with Crippen molar-refractivity contribution in [1.82, 2.24) is 25.5 Å². The molecule has 1 amide bonds. The first-order valence-electron chi connectivity index (χ1n) is 6.92. The molecule has 0 spiro atoms. The minimum atomic E-state index is -0.508. The van der Waals surface area contributed by atoms with Crippen LogP contribution in [0, 0.1) is 0 Å². The minimum Gasteiger partial charge on any atom is -0.351 e. The number of rotatable bonds is 4. The average molecular weight is 271 g/mol. The Kier molecular flexibility index (Phi) is 3.71. The van der Waals surface area contributed by atoms with Crippen LogP contribution < -0.4 is 5.32 Å². The maximum Gasteiger partial charge on any atom is 0.249 e. The summed E-state index contributed by atoms with van der Waals surface area (Å²) in [5.74, 6) is -0.0459. The molecule has 1 aromatic carbocycles. The lowest BCUT2D eigenvalue weighted by molar-refractivity contribution is -0.124. The average Bonchev–Trinajstić information content (AvgIpc) is 3.14. The first-order valence-corrected chi connectivity index (χ1v) is 6.92. The molecule has 0 unspecified atom stereocenters. The molecule has 6 heteroatoms. The van der Waals surface area contributed by atoms with Crippen LogP contribution in [0.25, 0.3) is 0 Å². The predicted octanol–water partition coefficient (Wildman–Crippen LogP) is 1.32. The first kappa shape index (κ1) is 12.8. The quantitative estimate of drug-likeness (QED) is 0.910. The van der Waals surface area contributed by atoms with Crippen LogP contribution in [0.2, 0.25) is 0 Å². The molecule has 1 heterocycles. The Morgan fingerprint density at radius 3 is 2.65 bits per heavy atom. The summed E-state index contributed by atoms with van der Waals surface area (Å²) in [7, 11) is 0. The van der Waals surface area contributed by atoms with Gasteiger partial charge in [0.1, 0.15) is 6.33 Å². The molecule has 1 N–H and O–H groups in total. The third kappa shape index (κ3) is 2.68. The summed E-state index contributed by atoms with van der Waals surface area (Å²) in [6.07, 6.45) is 5.97. The zero-order valence-corrected chi connectivity index (χ0v) is 11.1. The highest BCUT2D eigenvalue weighted by Crippen LogP contribution is 2.21.